The molecule has 0 saturated carbocycles. The van der Waals surface area contributed by atoms with Crippen LogP contribution in [0.3, 0.4) is 0 Å². The number of hydrogen-bond acceptors (Lipinski definition) is 2. The Morgan fingerprint density at radius 1 is 1.12 bits per heavy atom. The van der Waals surface area contributed by atoms with Crippen molar-refractivity contribution in [3.8, 4) is 11.3 Å². The molecule has 1 heterocycles. The number of halogens is 3. The van der Waals surface area contributed by atoms with Crippen LogP contribution in [0.2, 0.25) is 0 Å². The van der Waals surface area contributed by atoms with E-state index in [0.29, 0.717) is 5.01 Å². The van der Waals surface area contributed by atoms with Gasteiger partial charge in [-0.25, -0.2) is 4.98 Å². The summed E-state index contributed by atoms with van der Waals surface area (Å²) >= 11 is 1.27. The second-order valence-corrected chi connectivity index (χ2v) is 4.55. The van der Waals surface area contributed by atoms with Gasteiger partial charge in [0.2, 0.25) is 0 Å². The highest BCUT2D eigenvalue weighted by Gasteiger charge is 2.27. The lowest BCUT2D eigenvalue weighted by molar-refractivity contribution is -0.133. The van der Waals surface area contributed by atoms with Gasteiger partial charge in [-0.1, -0.05) is 30.3 Å². The SMILES string of the molecule is FC(F)(F)CCc1nc(-c2ccccc2)cs1. The lowest BCUT2D eigenvalue weighted by atomic mass is 10.2. The minimum absolute atomic E-state index is 0.0407. The van der Waals surface area contributed by atoms with Gasteiger partial charge >= 0.3 is 6.18 Å². The highest BCUT2D eigenvalue weighted by molar-refractivity contribution is 7.09. The first-order chi connectivity index (χ1) is 8.04. The number of hydrogen-bond donors (Lipinski definition) is 0. The molecule has 1 nitrogen and oxygen atoms in total. The van der Waals surface area contributed by atoms with E-state index in [4.69, 9.17) is 0 Å². The average molecular weight is 257 g/mol. The van der Waals surface area contributed by atoms with Gasteiger partial charge in [-0.15, -0.1) is 11.3 Å². The molecular formula is C12H10F3NS. The van der Waals surface area contributed by atoms with Gasteiger partial charge in [0.25, 0.3) is 0 Å². The van der Waals surface area contributed by atoms with Gasteiger partial charge in [0.15, 0.2) is 0 Å². The summed E-state index contributed by atoms with van der Waals surface area (Å²) < 4.78 is 36.1. The molecule has 2 rings (SSSR count). The number of aromatic nitrogens is 1. The molecule has 17 heavy (non-hydrogen) atoms. The summed E-state index contributed by atoms with van der Waals surface area (Å²) in [6.07, 6.45) is -4.96. The van der Waals surface area contributed by atoms with Gasteiger partial charge in [-0.3, -0.25) is 0 Å². The third-order valence-corrected chi connectivity index (χ3v) is 3.15. The maximum Gasteiger partial charge on any atom is 0.389 e. The van der Waals surface area contributed by atoms with Crippen molar-refractivity contribution in [2.45, 2.75) is 19.0 Å². The molecule has 0 aliphatic heterocycles. The predicted molar refractivity (Wildman–Crippen MR) is 61.9 cm³/mol. The zero-order chi connectivity index (χ0) is 12.3. The molecule has 0 amide bonds. The number of nitrogens with zero attached hydrogens (tertiary/aromatic N) is 1. The molecule has 0 atom stereocenters. The highest BCUT2D eigenvalue weighted by atomic mass is 32.1. The molecular weight excluding hydrogens is 247 g/mol. The maximum absolute atomic E-state index is 12.0. The van der Waals surface area contributed by atoms with Crippen LogP contribution in [0.4, 0.5) is 13.2 Å². The first kappa shape index (κ1) is 12.1. The van der Waals surface area contributed by atoms with Crippen molar-refractivity contribution in [3.05, 3.63) is 40.7 Å². The van der Waals surface area contributed by atoms with Crippen LogP contribution in [0.25, 0.3) is 11.3 Å². The van der Waals surface area contributed by atoms with Crippen molar-refractivity contribution in [2.75, 3.05) is 0 Å². The van der Waals surface area contributed by atoms with Crippen LogP contribution in [-0.4, -0.2) is 11.2 Å². The smallest absolute Gasteiger partial charge is 0.241 e. The van der Waals surface area contributed by atoms with E-state index in [-0.39, 0.29) is 6.42 Å². The molecule has 0 aliphatic rings. The standard InChI is InChI=1S/C12H10F3NS/c13-12(14,15)7-6-11-16-10(8-17-11)9-4-2-1-3-5-9/h1-5,8H,6-7H2. The van der Waals surface area contributed by atoms with Crippen molar-refractivity contribution in [2.24, 2.45) is 0 Å². The van der Waals surface area contributed by atoms with Gasteiger partial charge in [0.1, 0.15) is 0 Å². The maximum atomic E-state index is 12.0. The molecule has 0 radical (unpaired) electrons. The van der Waals surface area contributed by atoms with Crippen molar-refractivity contribution >= 4 is 11.3 Å². The van der Waals surface area contributed by atoms with Crippen molar-refractivity contribution in [3.63, 3.8) is 0 Å². The molecule has 2 aromatic rings. The topological polar surface area (TPSA) is 12.9 Å². The number of thiazole rings is 1. The fourth-order valence-electron chi connectivity index (χ4n) is 1.42. The fraction of sp³-hybridized carbons (Fsp3) is 0.250. The lowest BCUT2D eigenvalue weighted by Gasteiger charge is -2.02. The minimum Gasteiger partial charge on any atom is -0.241 e. The molecule has 0 unspecified atom stereocenters. The Morgan fingerprint density at radius 2 is 1.82 bits per heavy atom. The Morgan fingerprint density at radius 3 is 2.47 bits per heavy atom. The summed E-state index contributed by atoms with van der Waals surface area (Å²) in [5.74, 6) is 0. The van der Waals surface area contributed by atoms with E-state index in [9.17, 15) is 13.2 Å². The second-order valence-electron chi connectivity index (χ2n) is 3.61. The zero-order valence-electron chi connectivity index (χ0n) is 8.87. The third-order valence-electron chi connectivity index (χ3n) is 2.24. The molecule has 0 fully saturated rings. The quantitative estimate of drug-likeness (QED) is 0.798. The Balaban J connectivity index is 2.07. The number of rotatable bonds is 3. The average Bonchev–Trinajstić information content (AvgIpc) is 2.75. The van der Waals surface area contributed by atoms with Crippen LogP contribution < -0.4 is 0 Å². The third kappa shape index (κ3) is 3.56. The normalized spacial score (nSPS) is 11.7. The molecule has 0 bridgehead atoms. The molecule has 1 aromatic carbocycles. The van der Waals surface area contributed by atoms with Gasteiger partial charge in [-0.2, -0.15) is 13.2 Å². The Labute approximate surface area is 101 Å². The molecule has 0 N–H and O–H groups in total. The summed E-state index contributed by atoms with van der Waals surface area (Å²) in [4.78, 5) is 4.20. The summed E-state index contributed by atoms with van der Waals surface area (Å²) in [5.41, 5.74) is 1.68. The van der Waals surface area contributed by atoms with Crippen LogP contribution >= 0.6 is 11.3 Å². The van der Waals surface area contributed by atoms with Gasteiger partial charge in [0, 0.05) is 23.8 Å². The van der Waals surface area contributed by atoms with Gasteiger partial charge < -0.3 is 0 Å². The number of benzene rings is 1. The van der Waals surface area contributed by atoms with Gasteiger partial charge in [-0.05, 0) is 0 Å². The van der Waals surface area contributed by atoms with Crippen molar-refractivity contribution in [1.29, 1.82) is 0 Å². The van der Waals surface area contributed by atoms with E-state index in [1.807, 2.05) is 30.3 Å². The molecule has 0 saturated heterocycles. The van der Waals surface area contributed by atoms with Crippen LogP contribution in [0, 0.1) is 0 Å². The molecule has 1 aromatic heterocycles. The van der Waals surface area contributed by atoms with Gasteiger partial charge in [0.05, 0.1) is 10.7 Å². The van der Waals surface area contributed by atoms with Crippen LogP contribution in [0.5, 0.6) is 0 Å². The van der Waals surface area contributed by atoms with E-state index in [2.05, 4.69) is 4.98 Å². The van der Waals surface area contributed by atoms with E-state index < -0.39 is 12.6 Å². The predicted octanol–water partition coefficient (Wildman–Crippen LogP) is 4.31. The molecule has 90 valence electrons. The second kappa shape index (κ2) is 4.87. The largest absolute Gasteiger partial charge is 0.389 e. The van der Waals surface area contributed by atoms with E-state index in [0.717, 1.165) is 11.3 Å². The number of aryl methyl sites for hydroxylation is 1. The van der Waals surface area contributed by atoms with Crippen LogP contribution in [0.1, 0.15) is 11.4 Å². The van der Waals surface area contributed by atoms with E-state index in [1.54, 1.807) is 5.38 Å². The molecule has 5 heteroatoms. The summed E-state index contributed by atoms with van der Waals surface area (Å²) in [7, 11) is 0. The monoisotopic (exact) mass is 257 g/mol. The Hall–Kier alpha value is -1.36. The summed E-state index contributed by atoms with van der Waals surface area (Å²) in [6, 6.07) is 9.43. The molecule has 0 spiro atoms. The first-order valence-electron chi connectivity index (χ1n) is 5.11. The Bertz CT molecular complexity index is 476. The zero-order valence-corrected chi connectivity index (χ0v) is 9.68. The van der Waals surface area contributed by atoms with Crippen LogP contribution in [0.15, 0.2) is 35.7 Å². The summed E-state index contributed by atoms with van der Waals surface area (Å²) in [5, 5.41) is 2.32. The highest BCUT2D eigenvalue weighted by Crippen LogP contribution is 2.26. The number of alkyl halides is 3. The van der Waals surface area contributed by atoms with Crippen molar-refractivity contribution in [1.82, 2.24) is 4.98 Å². The Kier molecular flexibility index (Phi) is 3.47. The van der Waals surface area contributed by atoms with E-state index in [1.165, 1.54) is 11.3 Å². The summed E-state index contributed by atoms with van der Waals surface area (Å²) in [6.45, 7) is 0. The fourth-order valence-corrected chi connectivity index (χ4v) is 2.22. The minimum atomic E-state index is -4.11. The molecule has 0 aliphatic carbocycles. The van der Waals surface area contributed by atoms with Crippen molar-refractivity contribution < 1.29 is 13.2 Å². The van der Waals surface area contributed by atoms with E-state index >= 15 is 0 Å². The van der Waals surface area contributed by atoms with Crippen LogP contribution in [-0.2, 0) is 6.42 Å². The first-order valence-corrected chi connectivity index (χ1v) is 5.99. The lowest BCUT2D eigenvalue weighted by Crippen LogP contribution is -2.08.